The number of nitrogens with zero attached hydrogens (tertiary/aromatic N) is 1. The maximum absolute atomic E-state index is 12.1. The Morgan fingerprint density at radius 2 is 1.56 bits per heavy atom. The van der Waals surface area contributed by atoms with Crippen molar-refractivity contribution in [1.82, 2.24) is 0 Å². The minimum Gasteiger partial charge on any atom is -0.490 e. The van der Waals surface area contributed by atoms with Crippen LogP contribution in [0.2, 0.25) is 0 Å². The van der Waals surface area contributed by atoms with Gasteiger partial charge in [0.2, 0.25) is 0 Å². The molecular formula is C28H42NO3+. The minimum absolute atomic E-state index is 0.162. The first-order valence-electron chi connectivity index (χ1n) is 12.2. The van der Waals surface area contributed by atoms with Gasteiger partial charge in [0, 0.05) is 5.56 Å². The highest BCUT2D eigenvalue weighted by atomic mass is 16.6. The van der Waals surface area contributed by atoms with Crippen LogP contribution in [0.5, 0.6) is 5.75 Å². The summed E-state index contributed by atoms with van der Waals surface area (Å²) in [6, 6.07) is 18.6. The van der Waals surface area contributed by atoms with Crippen LogP contribution in [-0.4, -0.2) is 44.3 Å². The Kier molecular flexibility index (Phi) is 11.9. The van der Waals surface area contributed by atoms with E-state index in [9.17, 15) is 4.79 Å². The average molecular weight is 441 g/mol. The summed E-state index contributed by atoms with van der Waals surface area (Å²) in [5.74, 6) is 0.690. The topological polar surface area (TPSA) is 35.5 Å². The van der Waals surface area contributed by atoms with Crippen molar-refractivity contribution in [2.75, 3.05) is 33.9 Å². The molecule has 0 aromatic heterocycles. The van der Waals surface area contributed by atoms with Gasteiger partial charge in [0.05, 0.1) is 27.1 Å². The molecule has 0 saturated carbocycles. The average Bonchev–Trinajstić information content (AvgIpc) is 2.78. The highest BCUT2D eigenvalue weighted by Gasteiger charge is 2.18. The van der Waals surface area contributed by atoms with E-state index in [-0.39, 0.29) is 12.6 Å². The number of hydrogen-bond acceptors (Lipinski definition) is 3. The van der Waals surface area contributed by atoms with Crippen LogP contribution < -0.4 is 4.74 Å². The summed E-state index contributed by atoms with van der Waals surface area (Å²) >= 11 is 0. The SMILES string of the molecule is CCCCCCCCc1cccc(OCCOC(=O)CC[N+](C)(C)Cc2ccccc2)c1. The summed E-state index contributed by atoms with van der Waals surface area (Å²) in [7, 11) is 4.28. The molecule has 0 spiro atoms. The van der Waals surface area contributed by atoms with E-state index in [0.717, 1.165) is 29.7 Å². The van der Waals surface area contributed by atoms with Gasteiger partial charge in [-0.3, -0.25) is 4.79 Å². The predicted octanol–water partition coefficient (Wildman–Crippen LogP) is 6.18. The number of unbranched alkanes of at least 4 members (excludes halogenated alkanes) is 5. The van der Waals surface area contributed by atoms with Crippen LogP contribution in [0, 0.1) is 0 Å². The fourth-order valence-electron chi connectivity index (χ4n) is 3.84. The van der Waals surface area contributed by atoms with Gasteiger partial charge in [-0.05, 0) is 30.5 Å². The Morgan fingerprint density at radius 3 is 2.34 bits per heavy atom. The van der Waals surface area contributed by atoms with Gasteiger partial charge in [-0.25, -0.2) is 0 Å². The minimum atomic E-state index is -0.162. The third-order valence-corrected chi connectivity index (χ3v) is 5.71. The molecule has 4 heteroatoms. The largest absolute Gasteiger partial charge is 0.490 e. The molecule has 0 heterocycles. The lowest BCUT2D eigenvalue weighted by Gasteiger charge is -2.29. The molecule has 0 amide bonds. The van der Waals surface area contributed by atoms with E-state index >= 15 is 0 Å². The van der Waals surface area contributed by atoms with Crippen molar-refractivity contribution >= 4 is 5.97 Å². The van der Waals surface area contributed by atoms with E-state index in [4.69, 9.17) is 9.47 Å². The number of rotatable bonds is 16. The van der Waals surface area contributed by atoms with Gasteiger partial charge in [-0.1, -0.05) is 81.5 Å². The number of benzene rings is 2. The Hall–Kier alpha value is -2.33. The first kappa shape index (κ1) is 25.9. The molecule has 176 valence electrons. The van der Waals surface area contributed by atoms with E-state index in [1.807, 2.05) is 30.3 Å². The van der Waals surface area contributed by atoms with E-state index < -0.39 is 0 Å². The molecular weight excluding hydrogens is 398 g/mol. The molecule has 0 bridgehead atoms. The number of carbonyl (C=O) groups is 1. The molecule has 0 N–H and O–H groups in total. The van der Waals surface area contributed by atoms with Gasteiger partial charge in [0.25, 0.3) is 0 Å². The van der Waals surface area contributed by atoms with Crippen molar-refractivity contribution in [3.8, 4) is 5.75 Å². The molecule has 0 unspecified atom stereocenters. The van der Waals surface area contributed by atoms with Crippen molar-refractivity contribution in [2.45, 2.75) is 64.8 Å². The molecule has 32 heavy (non-hydrogen) atoms. The number of aryl methyl sites for hydroxylation is 1. The summed E-state index contributed by atoms with van der Waals surface area (Å²) in [5.41, 5.74) is 2.59. The fraction of sp³-hybridized carbons (Fsp3) is 0.536. The van der Waals surface area contributed by atoms with Gasteiger partial charge in [-0.2, -0.15) is 0 Å². The third-order valence-electron chi connectivity index (χ3n) is 5.71. The second-order valence-electron chi connectivity index (χ2n) is 9.29. The molecule has 0 atom stereocenters. The molecule has 0 radical (unpaired) electrons. The standard InChI is InChI=1S/C28H42NO3/c1-4-5-6-7-8-10-14-25-17-13-18-27(23-25)31-21-22-32-28(30)19-20-29(2,3)24-26-15-11-9-12-16-26/h9,11-13,15-18,23H,4-8,10,14,19-22,24H2,1-3H3/q+1. The molecule has 0 fully saturated rings. The number of carbonyl (C=O) groups excluding carboxylic acids is 1. The molecule has 2 rings (SSSR count). The monoisotopic (exact) mass is 440 g/mol. The zero-order valence-electron chi connectivity index (χ0n) is 20.4. The first-order valence-corrected chi connectivity index (χ1v) is 12.2. The lowest BCUT2D eigenvalue weighted by Crippen LogP contribution is -2.40. The Morgan fingerprint density at radius 1 is 0.844 bits per heavy atom. The zero-order chi connectivity index (χ0) is 23.1. The van der Waals surface area contributed by atoms with E-state index in [1.165, 1.54) is 49.7 Å². The Balaban J connectivity index is 1.60. The van der Waals surface area contributed by atoms with Crippen LogP contribution in [0.15, 0.2) is 54.6 Å². The normalized spacial score (nSPS) is 11.3. The van der Waals surface area contributed by atoms with Crippen LogP contribution in [0.4, 0.5) is 0 Å². The van der Waals surface area contributed by atoms with Crippen molar-refractivity contribution in [3.05, 3.63) is 65.7 Å². The lowest BCUT2D eigenvalue weighted by molar-refractivity contribution is -0.903. The van der Waals surface area contributed by atoms with Gasteiger partial charge in [0.1, 0.15) is 25.5 Å². The number of esters is 1. The zero-order valence-corrected chi connectivity index (χ0v) is 20.4. The van der Waals surface area contributed by atoms with Crippen molar-refractivity contribution in [1.29, 1.82) is 0 Å². The predicted molar refractivity (Wildman–Crippen MR) is 132 cm³/mol. The highest BCUT2D eigenvalue weighted by molar-refractivity contribution is 5.69. The van der Waals surface area contributed by atoms with Crippen molar-refractivity contribution in [3.63, 3.8) is 0 Å². The first-order chi connectivity index (χ1) is 15.5. The van der Waals surface area contributed by atoms with Gasteiger partial charge >= 0.3 is 5.97 Å². The number of ether oxygens (including phenoxy) is 2. The quantitative estimate of drug-likeness (QED) is 0.178. The molecule has 2 aromatic carbocycles. The van der Waals surface area contributed by atoms with E-state index in [1.54, 1.807) is 0 Å². The maximum Gasteiger partial charge on any atom is 0.311 e. The van der Waals surface area contributed by atoms with E-state index in [2.05, 4.69) is 45.3 Å². The van der Waals surface area contributed by atoms with Gasteiger partial charge < -0.3 is 14.0 Å². The van der Waals surface area contributed by atoms with Crippen molar-refractivity contribution < 1.29 is 18.8 Å². The molecule has 0 aliphatic carbocycles. The number of quaternary nitrogens is 1. The molecule has 4 nitrogen and oxygen atoms in total. The summed E-state index contributed by atoms with van der Waals surface area (Å²) in [5, 5.41) is 0. The summed E-state index contributed by atoms with van der Waals surface area (Å²) in [6.07, 6.45) is 9.34. The highest BCUT2D eigenvalue weighted by Crippen LogP contribution is 2.16. The second-order valence-corrected chi connectivity index (χ2v) is 9.29. The van der Waals surface area contributed by atoms with Crippen LogP contribution in [0.1, 0.15) is 63.0 Å². The summed E-state index contributed by atoms with van der Waals surface area (Å²) in [4.78, 5) is 12.1. The second kappa shape index (κ2) is 14.7. The fourth-order valence-corrected chi connectivity index (χ4v) is 3.84. The van der Waals surface area contributed by atoms with Gasteiger partial charge in [0.15, 0.2) is 0 Å². The molecule has 0 aliphatic heterocycles. The van der Waals surface area contributed by atoms with Crippen LogP contribution in [0.3, 0.4) is 0 Å². The van der Waals surface area contributed by atoms with Crippen LogP contribution in [-0.2, 0) is 22.5 Å². The molecule has 0 saturated heterocycles. The van der Waals surface area contributed by atoms with Crippen LogP contribution in [0.25, 0.3) is 0 Å². The Bertz CT molecular complexity index is 773. The molecule has 0 aliphatic rings. The maximum atomic E-state index is 12.1. The summed E-state index contributed by atoms with van der Waals surface area (Å²) in [6.45, 7) is 4.56. The Labute approximate surface area is 195 Å². The van der Waals surface area contributed by atoms with E-state index in [0.29, 0.717) is 13.0 Å². The summed E-state index contributed by atoms with van der Waals surface area (Å²) < 4.78 is 11.9. The number of hydrogen-bond donors (Lipinski definition) is 0. The smallest absolute Gasteiger partial charge is 0.311 e. The third kappa shape index (κ3) is 11.3. The lowest BCUT2D eigenvalue weighted by atomic mass is 10.0. The van der Waals surface area contributed by atoms with Crippen LogP contribution >= 0.6 is 0 Å². The van der Waals surface area contributed by atoms with Gasteiger partial charge in [-0.15, -0.1) is 0 Å². The van der Waals surface area contributed by atoms with Crippen molar-refractivity contribution in [2.24, 2.45) is 0 Å². The molecule has 2 aromatic rings.